The fourth-order valence-electron chi connectivity index (χ4n) is 1.60. The first-order valence-electron chi connectivity index (χ1n) is 5.23. The van der Waals surface area contributed by atoms with Crippen LogP contribution in [-0.4, -0.2) is 9.97 Å². The smallest absolute Gasteiger partial charge is 0.146 e. The first-order chi connectivity index (χ1) is 7.77. The molecule has 3 heteroatoms. The van der Waals surface area contributed by atoms with Gasteiger partial charge in [-0.2, -0.15) is 0 Å². The molecule has 0 amide bonds. The van der Waals surface area contributed by atoms with E-state index < -0.39 is 0 Å². The first-order valence-corrected chi connectivity index (χ1v) is 5.66. The van der Waals surface area contributed by atoms with Gasteiger partial charge in [-0.15, -0.1) is 11.6 Å². The number of hydrogen-bond acceptors (Lipinski definition) is 2. The number of rotatable bonds is 3. The van der Waals surface area contributed by atoms with E-state index in [1.54, 1.807) is 18.5 Å². The van der Waals surface area contributed by atoms with Crippen molar-refractivity contribution in [3.8, 4) is 0 Å². The largest absolute Gasteiger partial charge is 0.240 e. The maximum absolute atomic E-state index is 6.29. The van der Waals surface area contributed by atoms with E-state index in [1.165, 1.54) is 11.1 Å². The third-order valence-electron chi connectivity index (χ3n) is 2.53. The zero-order chi connectivity index (χ0) is 11.4. The summed E-state index contributed by atoms with van der Waals surface area (Å²) in [5.74, 6) is 0.687. The lowest BCUT2D eigenvalue weighted by molar-refractivity contribution is 0.822. The van der Waals surface area contributed by atoms with Gasteiger partial charge in [-0.3, -0.25) is 0 Å². The maximum atomic E-state index is 6.29. The molecule has 0 bridgehead atoms. The Kier molecular flexibility index (Phi) is 3.52. The quantitative estimate of drug-likeness (QED) is 0.759. The predicted octanol–water partition coefficient (Wildman–Crippen LogP) is 3.31. The highest BCUT2D eigenvalue weighted by atomic mass is 35.5. The monoisotopic (exact) mass is 232 g/mol. The van der Waals surface area contributed by atoms with Crippen LogP contribution in [0.5, 0.6) is 0 Å². The van der Waals surface area contributed by atoms with E-state index in [1.807, 2.05) is 12.1 Å². The van der Waals surface area contributed by atoms with Crippen molar-refractivity contribution in [1.29, 1.82) is 0 Å². The third-order valence-corrected chi connectivity index (χ3v) is 2.88. The molecule has 0 radical (unpaired) electrons. The highest BCUT2D eigenvalue weighted by Crippen LogP contribution is 2.22. The van der Waals surface area contributed by atoms with E-state index >= 15 is 0 Å². The second-order valence-corrected chi connectivity index (χ2v) is 4.23. The second-order valence-electron chi connectivity index (χ2n) is 3.71. The van der Waals surface area contributed by atoms with E-state index in [2.05, 4.69) is 29.0 Å². The number of benzene rings is 1. The summed E-state index contributed by atoms with van der Waals surface area (Å²) in [5, 5.41) is -0.165. The topological polar surface area (TPSA) is 25.8 Å². The molecule has 0 aliphatic heterocycles. The molecule has 0 saturated carbocycles. The fourth-order valence-corrected chi connectivity index (χ4v) is 1.87. The van der Waals surface area contributed by atoms with Crippen molar-refractivity contribution < 1.29 is 0 Å². The number of aryl methyl sites for hydroxylation is 1. The summed E-state index contributed by atoms with van der Waals surface area (Å²) >= 11 is 6.29. The van der Waals surface area contributed by atoms with Crippen LogP contribution >= 0.6 is 11.6 Å². The molecule has 2 aromatic rings. The van der Waals surface area contributed by atoms with Crippen molar-refractivity contribution in [2.75, 3.05) is 0 Å². The Balaban J connectivity index is 2.14. The Bertz CT molecular complexity index is 456. The molecule has 16 heavy (non-hydrogen) atoms. The molecule has 1 aromatic heterocycles. The number of nitrogens with zero attached hydrogens (tertiary/aromatic N) is 2. The van der Waals surface area contributed by atoms with Crippen molar-refractivity contribution in [3.05, 3.63) is 59.7 Å². The van der Waals surface area contributed by atoms with Crippen LogP contribution in [0.4, 0.5) is 0 Å². The Labute approximate surface area is 100 Å². The molecule has 0 fully saturated rings. The predicted molar refractivity (Wildman–Crippen MR) is 65.5 cm³/mol. The molecule has 0 aliphatic carbocycles. The summed E-state index contributed by atoms with van der Waals surface area (Å²) in [6.07, 6.45) is 4.20. The first kappa shape index (κ1) is 11.1. The minimum Gasteiger partial charge on any atom is -0.240 e. The molecule has 1 atom stereocenters. The van der Waals surface area contributed by atoms with Gasteiger partial charge >= 0.3 is 0 Å². The SMILES string of the molecule is Cc1ccccc1CC(Cl)c1ncccn1. The van der Waals surface area contributed by atoms with Gasteiger partial charge in [0, 0.05) is 12.4 Å². The summed E-state index contributed by atoms with van der Waals surface area (Å²) in [4.78, 5) is 8.32. The van der Waals surface area contributed by atoms with Gasteiger partial charge in [-0.1, -0.05) is 24.3 Å². The lowest BCUT2D eigenvalue weighted by Gasteiger charge is -2.09. The molecule has 0 aliphatic rings. The standard InChI is InChI=1S/C13H13ClN2/c1-10-5-2-3-6-11(10)9-12(14)13-15-7-4-8-16-13/h2-8,12H,9H2,1H3. The fraction of sp³-hybridized carbons (Fsp3) is 0.231. The summed E-state index contributed by atoms with van der Waals surface area (Å²) < 4.78 is 0. The van der Waals surface area contributed by atoms with Crippen LogP contribution in [0.1, 0.15) is 22.3 Å². The van der Waals surface area contributed by atoms with Crippen LogP contribution in [0.25, 0.3) is 0 Å². The van der Waals surface area contributed by atoms with Crippen LogP contribution in [-0.2, 0) is 6.42 Å². The van der Waals surface area contributed by atoms with Crippen molar-refractivity contribution in [1.82, 2.24) is 9.97 Å². The highest BCUT2D eigenvalue weighted by molar-refractivity contribution is 6.20. The van der Waals surface area contributed by atoms with Gasteiger partial charge in [-0.25, -0.2) is 9.97 Å². The molecule has 1 aromatic carbocycles. The van der Waals surface area contributed by atoms with Crippen LogP contribution in [0.2, 0.25) is 0 Å². The van der Waals surface area contributed by atoms with Gasteiger partial charge in [0.1, 0.15) is 5.82 Å². The Morgan fingerprint density at radius 1 is 1.12 bits per heavy atom. The van der Waals surface area contributed by atoms with Gasteiger partial charge in [0.15, 0.2) is 0 Å². The average Bonchev–Trinajstić information content (AvgIpc) is 2.33. The van der Waals surface area contributed by atoms with E-state index in [4.69, 9.17) is 11.6 Å². The van der Waals surface area contributed by atoms with E-state index in [9.17, 15) is 0 Å². The van der Waals surface area contributed by atoms with E-state index in [0.29, 0.717) is 5.82 Å². The lowest BCUT2D eigenvalue weighted by Crippen LogP contribution is -2.02. The number of aromatic nitrogens is 2. The molecule has 1 heterocycles. The molecule has 2 nitrogen and oxygen atoms in total. The van der Waals surface area contributed by atoms with Gasteiger partial charge in [0.05, 0.1) is 5.38 Å². The van der Waals surface area contributed by atoms with Crippen LogP contribution in [0, 0.1) is 6.92 Å². The highest BCUT2D eigenvalue weighted by Gasteiger charge is 2.12. The summed E-state index contributed by atoms with van der Waals surface area (Å²) in [6.45, 7) is 2.09. The van der Waals surface area contributed by atoms with E-state index in [-0.39, 0.29) is 5.38 Å². The van der Waals surface area contributed by atoms with Crippen molar-refractivity contribution in [2.45, 2.75) is 18.7 Å². The zero-order valence-electron chi connectivity index (χ0n) is 9.10. The Morgan fingerprint density at radius 2 is 1.81 bits per heavy atom. The van der Waals surface area contributed by atoms with Crippen LogP contribution in [0.3, 0.4) is 0 Å². The molecule has 82 valence electrons. The van der Waals surface area contributed by atoms with Crippen molar-refractivity contribution in [2.24, 2.45) is 0 Å². The molecule has 0 N–H and O–H groups in total. The summed E-state index contributed by atoms with van der Waals surface area (Å²) in [6, 6.07) is 10.0. The van der Waals surface area contributed by atoms with Gasteiger partial charge < -0.3 is 0 Å². The molecular formula is C13H13ClN2. The Morgan fingerprint density at radius 3 is 2.50 bits per heavy atom. The van der Waals surface area contributed by atoms with Crippen LogP contribution < -0.4 is 0 Å². The number of hydrogen-bond donors (Lipinski definition) is 0. The summed E-state index contributed by atoms with van der Waals surface area (Å²) in [7, 11) is 0. The maximum Gasteiger partial charge on any atom is 0.146 e. The number of alkyl halides is 1. The lowest BCUT2D eigenvalue weighted by atomic mass is 10.0. The van der Waals surface area contributed by atoms with Gasteiger partial charge in [0.25, 0.3) is 0 Å². The van der Waals surface area contributed by atoms with Gasteiger partial charge in [-0.05, 0) is 30.5 Å². The normalized spacial score (nSPS) is 12.4. The Hall–Kier alpha value is -1.41. The minimum atomic E-state index is -0.165. The minimum absolute atomic E-state index is 0.165. The van der Waals surface area contributed by atoms with Crippen molar-refractivity contribution >= 4 is 11.6 Å². The van der Waals surface area contributed by atoms with Gasteiger partial charge in [0.2, 0.25) is 0 Å². The van der Waals surface area contributed by atoms with Crippen LogP contribution in [0.15, 0.2) is 42.7 Å². The second kappa shape index (κ2) is 5.08. The molecule has 0 spiro atoms. The molecule has 1 unspecified atom stereocenters. The molecule has 2 rings (SSSR count). The number of halogens is 1. The van der Waals surface area contributed by atoms with E-state index in [0.717, 1.165) is 6.42 Å². The molecular weight excluding hydrogens is 220 g/mol. The summed E-state index contributed by atoms with van der Waals surface area (Å²) in [5.41, 5.74) is 2.50. The third kappa shape index (κ3) is 2.58. The van der Waals surface area contributed by atoms with Crippen molar-refractivity contribution in [3.63, 3.8) is 0 Å². The zero-order valence-corrected chi connectivity index (χ0v) is 9.85. The molecule has 0 saturated heterocycles. The average molecular weight is 233 g/mol.